The molecular formula is C25H19F3N2O3. The van der Waals surface area contributed by atoms with Crippen LogP contribution in [0.1, 0.15) is 21.5 Å². The summed E-state index contributed by atoms with van der Waals surface area (Å²) in [6.45, 7) is 0.0808. The Morgan fingerprint density at radius 1 is 0.909 bits per heavy atom. The van der Waals surface area contributed by atoms with E-state index in [1.165, 1.54) is 12.3 Å². The van der Waals surface area contributed by atoms with Crippen LogP contribution in [0, 0.1) is 0 Å². The highest BCUT2D eigenvalue weighted by Gasteiger charge is 2.30. The zero-order chi connectivity index (χ0) is 23.3. The number of benzene rings is 3. The van der Waals surface area contributed by atoms with E-state index in [4.69, 9.17) is 9.47 Å². The van der Waals surface area contributed by atoms with Gasteiger partial charge in [0.15, 0.2) is 6.79 Å². The van der Waals surface area contributed by atoms with Crippen molar-refractivity contribution >= 4 is 28.2 Å². The Labute approximate surface area is 187 Å². The van der Waals surface area contributed by atoms with Gasteiger partial charge in [0.25, 0.3) is 0 Å². The number of carbonyl (C=O) groups excluding carboxylic acids is 1. The van der Waals surface area contributed by atoms with Gasteiger partial charge in [-0.2, -0.15) is 13.2 Å². The fraction of sp³-hybridized carbons (Fsp3) is 0.120. The Morgan fingerprint density at radius 3 is 2.45 bits per heavy atom. The van der Waals surface area contributed by atoms with Crippen LogP contribution in [0.4, 0.5) is 24.5 Å². The first-order valence-electron chi connectivity index (χ1n) is 10.0. The minimum absolute atomic E-state index is 0.184. The number of fused-ring (bicyclic) bond motifs is 1. The predicted molar refractivity (Wildman–Crippen MR) is 118 cm³/mol. The number of para-hydroxylation sites is 1. The molecule has 0 aliphatic heterocycles. The molecule has 0 aliphatic carbocycles. The number of esters is 1. The highest BCUT2D eigenvalue weighted by Crippen LogP contribution is 2.33. The standard InChI is InChI=1S/C25H19F3N2O3/c26-25(27,28)18-10-11-19-22(12-13-29-23(19)14-18)30-21-9-5-4-8-20(21)24(31)33-16-32-15-17-6-2-1-3-7-17/h1-14H,15-16H2,(H,29,30). The van der Waals surface area contributed by atoms with E-state index >= 15 is 0 Å². The zero-order valence-corrected chi connectivity index (χ0v) is 17.3. The number of ether oxygens (including phenoxy) is 2. The van der Waals surface area contributed by atoms with E-state index in [0.717, 1.165) is 17.7 Å². The van der Waals surface area contributed by atoms with Gasteiger partial charge >= 0.3 is 12.1 Å². The lowest BCUT2D eigenvalue weighted by Gasteiger charge is -2.14. The van der Waals surface area contributed by atoms with Crippen molar-refractivity contribution in [1.29, 1.82) is 0 Å². The number of hydrogen-bond acceptors (Lipinski definition) is 5. The third-order valence-corrected chi connectivity index (χ3v) is 4.87. The van der Waals surface area contributed by atoms with E-state index in [1.54, 1.807) is 30.3 Å². The van der Waals surface area contributed by atoms with Gasteiger partial charge in [-0.3, -0.25) is 4.98 Å². The van der Waals surface area contributed by atoms with Crippen molar-refractivity contribution < 1.29 is 27.4 Å². The first-order chi connectivity index (χ1) is 15.9. The summed E-state index contributed by atoms with van der Waals surface area (Å²) in [5.41, 5.74) is 1.57. The molecule has 0 amide bonds. The minimum Gasteiger partial charge on any atom is -0.435 e. The Morgan fingerprint density at radius 2 is 1.67 bits per heavy atom. The summed E-state index contributed by atoms with van der Waals surface area (Å²) in [6.07, 6.45) is -3.05. The lowest BCUT2D eigenvalue weighted by atomic mass is 10.1. The molecule has 0 saturated carbocycles. The highest BCUT2D eigenvalue weighted by atomic mass is 19.4. The topological polar surface area (TPSA) is 60.5 Å². The fourth-order valence-corrected chi connectivity index (χ4v) is 3.26. The molecule has 3 aromatic carbocycles. The highest BCUT2D eigenvalue weighted by molar-refractivity contribution is 5.99. The van der Waals surface area contributed by atoms with Crippen LogP contribution in [-0.2, 0) is 22.3 Å². The molecule has 33 heavy (non-hydrogen) atoms. The number of aromatic nitrogens is 1. The average molecular weight is 452 g/mol. The summed E-state index contributed by atoms with van der Waals surface area (Å²) < 4.78 is 49.7. The van der Waals surface area contributed by atoms with Crippen LogP contribution < -0.4 is 5.32 Å². The van der Waals surface area contributed by atoms with E-state index < -0.39 is 17.7 Å². The number of nitrogens with one attached hydrogen (secondary N) is 1. The minimum atomic E-state index is -4.46. The van der Waals surface area contributed by atoms with Crippen LogP contribution in [-0.4, -0.2) is 17.7 Å². The molecule has 168 valence electrons. The van der Waals surface area contributed by atoms with Gasteiger partial charge in [0, 0.05) is 17.3 Å². The second-order valence-corrected chi connectivity index (χ2v) is 7.14. The van der Waals surface area contributed by atoms with Gasteiger partial charge in [-0.1, -0.05) is 48.5 Å². The van der Waals surface area contributed by atoms with Gasteiger partial charge in [-0.05, 0) is 35.9 Å². The number of rotatable bonds is 7. The maximum atomic E-state index is 13.0. The van der Waals surface area contributed by atoms with Crippen LogP contribution >= 0.6 is 0 Å². The maximum Gasteiger partial charge on any atom is 0.416 e. The smallest absolute Gasteiger partial charge is 0.416 e. The molecule has 4 aromatic rings. The number of halogens is 3. The maximum absolute atomic E-state index is 13.0. The molecule has 1 N–H and O–H groups in total. The molecule has 0 unspecified atom stereocenters. The summed E-state index contributed by atoms with van der Waals surface area (Å²) >= 11 is 0. The summed E-state index contributed by atoms with van der Waals surface area (Å²) in [4.78, 5) is 16.6. The van der Waals surface area contributed by atoms with Gasteiger partial charge in [0.2, 0.25) is 0 Å². The molecule has 0 fully saturated rings. The Bertz CT molecular complexity index is 1260. The predicted octanol–water partition coefficient (Wildman–Crippen LogP) is 6.33. The Kier molecular flexibility index (Phi) is 6.55. The number of hydrogen-bond donors (Lipinski definition) is 1. The molecule has 1 heterocycles. The first kappa shape index (κ1) is 22.3. The molecule has 0 radical (unpaired) electrons. The van der Waals surface area contributed by atoms with Gasteiger partial charge in [-0.15, -0.1) is 0 Å². The molecule has 0 bridgehead atoms. The van der Waals surface area contributed by atoms with Gasteiger partial charge < -0.3 is 14.8 Å². The van der Waals surface area contributed by atoms with Gasteiger partial charge in [0.1, 0.15) is 0 Å². The molecule has 0 saturated heterocycles. The van der Waals surface area contributed by atoms with Crippen LogP contribution in [0.3, 0.4) is 0 Å². The summed E-state index contributed by atoms with van der Waals surface area (Å²) in [6, 6.07) is 21.1. The summed E-state index contributed by atoms with van der Waals surface area (Å²) in [7, 11) is 0. The van der Waals surface area contributed by atoms with E-state index in [1.807, 2.05) is 30.3 Å². The second kappa shape index (κ2) is 9.70. The largest absolute Gasteiger partial charge is 0.435 e. The number of carbonyl (C=O) groups is 1. The number of nitrogens with zero attached hydrogens (tertiary/aromatic N) is 1. The molecule has 8 heteroatoms. The van der Waals surface area contributed by atoms with E-state index in [-0.39, 0.29) is 17.9 Å². The SMILES string of the molecule is O=C(OCOCc1ccccc1)c1ccccc1Nc1ccnc2cc(C(F)(F)F)ccc12. The van der Waals surface area contributed by atoms with Gasteiger partial charge in [-0.25, -0.2) is 4.79 Å². The van der Waals surface area contributed by atoms with E-state index in [0.29, 0.717) is 23.4 Å². The monoisotopic (exact) mass is 452 g/mol. The van der Waals surface area contributed by atoms with Crippen molar-refractivity contribution in [2.24, 2.45) is 0 Å². The summed E-state index contributed by atoms with van der Waals surface area (Å²) in [5.74, 6) is -0.594. The van der Waals surface area contributed by atoms with Gasteiger partial charge in [0.05, 0.1) is 28.9 Å². The average Bonchev–Trinajstić information content (AvgIpc) is 2.82. The number of pyridine rings is 1. The van der Waals surface area contributed by atoms with E-state index in [2.05, 4.69) is 10.3 Å². The Balaban J connectivity index is 1.48. The van der Waals surface area contributed by atoms with Crippen molar-refractivity contribution in [3.05, 3.63) is 102 Å². The van der Waals surface area contributed by atoms with Crippen molar-refractivity contribution in [2.45, 2.75) is 12.8 Å². The normalized spacial score (nSPS) is 11.4. The van der Waals surface area contributed by atoms with Crippen LogP contribution in [0.5, 0.6) is 0 Å². The second-order valence-electron chi connectivity index (χ2n) is 7.14. The third kappa shape index (κ3) is 5.48. The quantitative estimate of drug-likeness (QED) is 0.202. The molecular weight excluding hydrogens is 433 g/mol. The molecule has 4 rings (SSSR count). The molecule has 5 nitrogen and oxygen atoms in total. The zero-order valence-electron chi connectivity index (χ0n) is 17.3. The lowest BCUT2D eigenvalue weighted by molar-refractivity contribution is -0.137. The van der Waals surface area contributed by atoms with Crippen molar-refractivity contribution in [1.82, 2.24) is 4.98 Å². The van der Waals surface area contributed by atoms with Crippen molar-refractivity contribution in [2.75, 3.05) is 12.1 Å². The molecule has 0 aliphatic rings. The first-order valence-corrected chi connectivity index (χ1v) is 10.0. The van der Waals surface area contributed by atoms with Crippen molar-refractivity contribution in [3.8, 4) is 0 Å². The molecule has 0 spiro atoms. The lowest BCUT2D eigenvalue weighted by Crippen LogP contribution is -2.11. The third-order valence-electron chi connectivity index (χ3n) is 4.87. The Hall–Kier alpha value is -3.91. The van der Waals surface area contributed by atoms with Crippen LogP contribution in [0.2, 0.25) is 0 Å². The molecule has 0 atom stereocenters. The van der Waals surface area contributed by atoms with Crippen LogP contribution in [0.25, 0.3) is 10.9 Å². The van der Waals surface area contributed by atoms with E-state index in [9.17, 15) is 18.0 Å². The number of anilines is 2. The fourth-order valence-electron chi connectivity index (χ4n) is 3.26. The number of alkyl halides is 3. The van der Waals surface area contributed by atoms with Crippen molar-refractivity contribution in [3.63, 3.8) is 0 Å². The molecule has 1 aromatic heterocycles. The summed E-state index contributed by atoms with van der Waals surface area (Å²) in [5, 5.41) is 3.59. The van der Waals surface area contributed by atoms with Crippen LogP contribution in [0.15, 0.2) is 85.1 Å².